The molecule has 4 saturated carbocycles. The number of hydrogen-bond acceptors (Lipinski definition) is 3. The van der Waals surface area contributed by atoms with Gasteiger partial charge in [0.15, 0.2) is 5.79 Å². The second kappa shape index (κ2) is 4.54. The summed E-state index contributed by atoms with van der Waals surface area (Å²) < 4.78 is 18.7. The van der Waals surface area contributed by atoms with Crippen molar-refractivity contribution in [2.24, 2.45) is 34.0 Å². The molecule has 7 atom stereocenters. The summed E-state index contributed by atoms with van der Waals surface area (Å²) in [5, 5.41) is 0. The largest absolute Gasteiger partial charge is 0.381 e. The van der Waals surface area contributed by atoms with Crippen LogP contribution in [0.2, 0.25) is 0 Å². The summed E-state index contributed by atoms with van der Waals surface area (Å²) in [5.74, 6) is 1.98. The zero-order valence-corrected chi connectivity index (χ0v) is 16.0. The van der Waals surface area contributed by atoms with Crippen LogP contribution in [0.1, 0.15) is 58.8 Å². The maximum Gasteiger partial charge on any atom is 0.174 e. The topological polar surface area (TPSA) is 27.7 Å². The molecule has 0 radical (unpaired) electrons. The van der Waals surface area contributed by atoms with Crippen molar-refractivity contribution in [3.63, 3.8) is 0 Å². The lowest BCUT2D eigenvalue weighted by Gasteiger charge is -2.57. The Morgan fingerprint density at radius 3 is 2.64 bits per heavy atom. The number of fused-ring (bicyclic) bond motifs is 5. The van der Waals surface area contributed by atoms with Crippen molar-refractivity contribution < 1.29 is 14.2 Å². The molecule has 0 N–H and O–H groups in total. The molecule has 1 heterocycles. The van der Waals surface area contributed by atoms with Crippen LogP contribution in [0, 0.1) is 34.0 Å². The molecule has 6 rings (SSSR count). The molecule has 25 heavy (non-hydrogen) atoms. The van der Waals surface area contributed by atoms with Crippen LogP contribution >= 0.6 is 0 Å². The van der Waals surface area contributed by atoms with Gasteiger partial charge in [-0.2, -0.15) is 0 Å². The van der Waals surface area contributed by atoms with Gasteiger partial charge in [0.05, 0.1) is 19.3 Å². The first-order chi connectivity index (χ1) is 12.0. The van der Waals surface area contributed by atoms with E-state index >= 15 is 0 Å². The highest BCUT2D eigenvalue weighted by Gasteiger charge is 2.77. The first kappa shape index (κ1) is 15.7. The maximum absolute atomic E-state index is 6.26. The predicted molar refractivity (Wildman–Crippen MR) is 95.0 cm³/mol. The fourth-order valence-corrected chi connectivity index (χ4v) is 8.72. The Hall–Kier alpha value is -0.380. The summed E-state index contributed by atoms with van der Waals surface area (Å²) in [5.41, 5.74) is 2.79. The first-order valence-electron chi connectivity index (χ1n) is 10.5. The van der Waals surface area contributed by atoms with E-state index in [0.717, 1.165) is 32.0 Å². The van der Waals surface area contributed by atoms with Crippen LogP contribution in [0.5, 0.6) is 0 Å². The lowest BCUT2D eigenvalue weighted by molar-refractivity contribution is -0.230. The molecule has 6 aliphatic rings. The molecular weight excluding hydrogens is 312 g/mol. The molecule has 5 aliphatic carbocycles. The quantitative estimate of drug-likeness (QED) is 0.663. The second-order valence-electron chi connectivity index (χ2n) is 10.3. The van der Waals surface area contributed by atoms with Crippen molar-refractivity contribution in [3.05, 3.63) is 11.6 Å². The number of allylic oxidation sites excluding steroid dienone is 2. The van der Waals surface area contributed by atoms with E-state index in [-0.39, 0.29) is 11.2 Å². The Bertz CT molecular complexity index is 650. The van der Waals surface area contributed by atoms with Gasteiger partial charge in [-0.05, 0) is 61.7 Å². The van der Waals surface area contributed by atoms with Gasteiger partial charge in [0.1, 0.15) is 0 Å². The van der Waals surface area contributed by atoms with Gasteiger partial charge >= 0.3 is 0 Å². The van der Waals surface area contributed by atoms with E-state index in [0.29, 0.717) is 28.8 Å². The van der Waals surface area contributed by atoms with Crippen molar-refractivity contribution in [2.75, 3.05) is 20.3 Å². The van der Waals surface area contributed by atoms with E-state index in [2.05, 4.69) is 19.9 Å². The van der Waals surface area contributed by atoms with Crippen molar-refractivity contribution in [1.29, 1.82) is 0 Å². The Morgan fingerprint density at radius 1 is 1.12 bits per heavy atom. The van der Waals surface area contributed by atoms with E-state index in [1.807, 2.05) is 7.11 Å². The average molecular weight is 344 g/mol. The second-order valence-corrected chi connectivity index (χ2v) is 10.3. The number of hydrogen-bond donors (Lipinski definition) is 0. The Labute approximate surface area is 151 Å². The molecule has 1 aliphatic heterocycles. The normalized spacial score (nSPS) is 57.6. The third-order valence-corrected chi connectivity index (χ3v) is 9.99. The van der Waals surface area contributed by atoms with E-state index < -0.39 is 0 Å². The molecule has 0 aromatic heterocycles. The first-order valence-corrected chi connectivity index (χ1v) is 10.5. The van der Waals surface area contributed by atoms with Crippen LogP contribution in [-0.4, -0.2) is 32.2 Å². The van der Waals surface area contributed by atoms with Crippen LogP contribution in [0.3, 0.4) is 0 Å². The standard InChI is InChI=1S/C22H32O3/c1-19-7-4-14-13-21(14,19)18(23-3)12-15-16(19)5-8-20(2)17(15)6-9-22(20)24-10-11-25-22/h5,14-15,17-18H,4,6-13H2,1-3H3/t14?,15?,17?,18?,19-,20+,21?/m1/s1. The molecule has 2 spiro atoms. The number of methoxy groups -OCH3 is 1. The zero-order valence-electron chi connectivity index (χ0n) is 16.0. The molecule has 5 fully saturated rings. The van der Waals surface area contributed by atoms with Crippen molar-refractivity contribution in [3.8, 4) is 0 Å². The van der Waals surface area contributed by atoms with Crippen LogP contribution in [-0.2, 0) is 14.2 Å². The summed E-state index contributed by atoms with van der Waals surface area (Å²) in [6.07, 6.45) is 12.0. The summed E-state index contributed by atoms with van der Waals surface area (Å²) in [4.78, 5) is 0. The number of rotatable bonds is 1. The van der Waals surface area contributed by atoms with Crippen molar-refractivity contribution >= 4 is 0 Å². The third-order valence-electron chi connectivity index (χ3n) is 9.99. The molecule has 3 heteroatoms. The zero-order chi connectivity index (χ0) is 17.1. The fourth-order valence-electron chi connectivity index (χ4n) is 8.72. The highest BCUT2D eigenvalue weighted by molar-refractivity contribution is 5.39. The monoisotopic (exact) mass is 344 g/mol. The number of ether oxygens (including phenoxy) is 3. The van der Waals surface area contributed by atoms with E-state index in [9.17, 15) is 0 Å². The smallest absolute Gasteiger partial charge is 0.174 e. The average Bonchev–Trinajstić information content (AvgIpc) is 2.91. The maximum atomic E-state index is 6.26. The Balaban J connectivity index is 1.45. The summed E-state index contributed by atoms with van der Waals surface area (Å²) in [7, 11) is 1.96. The summed E-state index contributed by atoms with van der Waals surface area (Å²) in [6, 6.07) is 0. The predicted octanol–water partition coefficient (Wildman–Crippen LogP) is 4.32. The van der Waals surface area contributed by atoms with Crippen molar-refractivity contribution in [2.45, 2.75) is 70.7 Å². The Morgan fingerprint density at radius 2 is 1.92 bits per heavy atom. The molecule has 0 bridgehead atoms. The highest BCUT2D eigenvalue weighted by Crippen LogP contribution is 2.81. The van der Waals surface area contributed by atoms with Gasteiger partial charge in [-0.25, -0.2) is 0 Å². The molecule has 0 aromatic rings. The van der Waals surface area contributed by atoms with Crippen molar-refractivity contribution in [1.82, 2.24) is 0 Å². The van der Waals surface area contributed by atoms with Crippen LogP contribution in [0.4, 0.5) is 0 Å². The van der Waals surface area contributed by atoms with Crippen LogP contribution < -0.4 is 0 Å². The Kier molecular flexibility index (Phi) is 2.84. The third kappa shape index (κ3) is 1.51. The van der Waals surface area contributed by atoms with E-state index in [4.69, 9.17) is 14.2 Å². The van der Waals surface area contributed by atoms with E-state index in [1.54, 1.807) is 5.57 Å². The molecule has 0 aromatic carbocycles. The van der Waals surface area contributed by atoms with Crippen LogP contribution in [0.25, 0.3) is 0 Å². The molecular formula is C22H32O3. The summed E-state index contributed by atoms with van der Waals surface area (Å²) in [6.45, 7) is 6.58. The minimum absolute atomic E-state index is 0.137. The van der Waals surface area contributed by atoms with Gasteiger partial charge in [0.2, 0.25) is 0 Å². The van der Waals surface area contributed by atoms with E-state index in [1.165, 1.54) is 32.1 Å². The van der Waals surface area contributed by atoms with Gasteiger partial charge in [0, 0.05) is 24.4 Å². The minimum atomic E-state index is -0.309. The van der Waals surface area contributed by atoms with Gasteiger partial charge in [-0.1, -0.05) is 25.5 Å². The van der Waals surface area contributed by atoms with Gasteiger partial charge < -0.3 is 14.2 Å². The van der Waals surface area contributed by atoms with Crippen LogP contribution in [0.15, 0.2) is 11.6 Å². The molecule has 3 nitrogen and oxygen atoms in total. The van der Waals surface area contributed by atoms with Gasteiger partial charge in [-0.3, -0.25) is 0 Å². The lowest BCUT2D eigenvalue weighted by Crippen LogP contribution is -2.55. The molecule has 138 valence electrons. The summed E-state index contributed by atoms with van der Waals surface area (Å²) >= 11 is 0. The highest BCUT2D eigenvalue weighted by atomic mass is 16.7. The van der Waals surface area contributed by atoms with Gasteiger partial charge in [0.25, 0.3) is 0 Å². The minimum Gasteiger partial charge on any atom is -0.381 e. The molecule has 1 saturated heterocycles. The fraction of sp³-hybridized carbons (Fsp3) is 0.909. The molecule has 0 amide bonds. The lowest BCUT2D eigenvalue weighted by atomic mass is 9.50. The molecule has 5 unspecified atom stereocenters. The SMILES string of the molecule is COC1CC2C(=CC[C@@]3(C)C2CCC32OCCO2)[C@@]2(C)CCC3CC312. The van der Waals surface area contributed by atoms with Gasteiger partial charge in [-0.15, -0.1) is 0 Å².